The smallest absolute Gasteiger partial charge is 0.125 e. The molecule has 2 aromatic carbocycles. The minimum atomic E-state index is -0.177. The van der Waals surface area contributed by atoms with Crippen LogP contribution in [0.15, 0.2) is 42.5 Å². The van der Waals surface area contributed by atoms with E-state index < -0.39 is 0 Å². The molecule has 3 rings (SSSR count). The van der Waals surface area contributed by atoms with E-state index >= 15 is 0 Å². The summed E-state index contributed by atoms with van der Waals surface area (Å²) in [6.07, 6.45) is 2.77. The Morgan fingerprint density at radius 2 is 2.00 bits per heavy atom. The Bertz CT molecular complexity index is 639. The van der Waals surface area contributed by atoms with Crippen molar-refractivity contribution in [3.8, 4) is 0 Å². The van der Waals surface area contributed by atoms with Gasteiger partial charge in [0.2, 0.25) is 0 Å². The first-order chi connectivity index (χ1) is 10.2. The predicted molar refractivity (Wildman–Crippen MR) is 85.5 cm³/mol. The summed E-state index contributed by atoms with van der Waals surface area (Å²) >= 11 is 0. The van der Waals surface area contributed by atoms with Crippen LogP contribution in [0.2, 0.25) is 0 Å². The second-order valence-corrected chi connectivity index (χ2v) is 5.68. The van der Waals surface area contributed by atoms with Crippen LogP contribution in [-0.2, 0) is 12.8 Å². The predicted octanol–water partition coefficient (Wildman–Crippen LogP) is 3.80. The third-order valence-electron chi connectivity index (χ3n) is 4.23. The number of halogens is 1. The maximum Gasteiger partial charge on any atom is 0.125 e. The van der Waals surface area contributed by atoms with Gasteiger partial charge in [0.05, 0.1) is 0 Å². The number of nitrogens with zero attached hydrogens (tertiary/aromatic N) is 1. The van der Waals surface area contributed by atoms with E-state index in [0.717, 1.165) is 37.2 Å². The first-order valence-electron chi connectivity index (χ1n) is 7.58. The lowest BCUT2D eigenvalue weighted by Gasteiger charge is -2.24. The molecule has 1 atom stereocenters. The fourth-order valence-corrected chi connectivity index (χ4v) is 2.98. The van der Waals surface area contributed by atoms with Gasteiger partial charge >= 0.3 is 0 Å². The zero-order valence-electron chi connectivity index (χ0n) is 12.3. The second kappa shape index (κ2) is 5.86. The highest BCUT2D eigenvalue weighted by Crippen LogP contribution is 2.37. The van der Waals surface area contributed by atoms with Gasteiger partial charge in [-0.05, 0) is 48.6 Å². The van der Waals surface area contributed by atoms with Crippen molar-refractivity contribution in [3.05, 3.63) is 59.4 Å². The van der Waals surface area contributed by atoms with Crippen LogP contribution in [-0.4, -0.2) is 12.6 Å². The molecule has 0 aliphatic carbocycles. The molecule has 0 fully saturated rings. The number of nitrogens with two attached hydrogens (primary N) is 1. The van der Waals surface area contributed by atoms with E-state index in [1.54, 1.807) is 12.1 Å². The summed E-state index contributed by atoms with van der Waals surface area (Å²) in [7, 11) is 0. The Balaban J connectivity index is 1.98. The lowest BCUT2D eigenvalue weighted by molar-refractivity contribution is 0.627. The van der Waals surface area contributed by atoms with E-state index in [4.69, 9.17) is 5.73 Å². The normalized spacial score (nSPS) is 15.1. The van der Waals surface area contributed by atoms with E-state index in [-0.39, 0.29) is 11.9 Å². The van der Waals surface area contributed by atoms with Gasteiger partial charge in [-0.2, -0.15) is 0 Å². The summed E-state index contributed by atoms with van der Waals surface area (Å²) in [6.45, 7) is 3.00. The zero-order valence-corrected chi connectivity index (χ0v) is 12.3. The Morgan fingerprint density at radius 3 is 2.81 bits per heavy atom. The Hall–Kier alpha value is -1.87. The Labute approximate surface area is 125 Å². The van der Waals surface area contributed by atoms with Crippen LogP contribution in [0.25, 0.3) is 0 Å². The van der Waals surface area contributed by atoms with E-state index in [1.165, 1.54) is 11.1 Å². The molecule has 2 N–H and O–H groups in total. The summed E-state index contributed by atoms with van der Waals surface area (Å²) in [4.78, 5) is 2.22. The highest BCUT2D eigenvalue weighted by atomic mass is 19.1. The maximum atomic E-state index is 13.6. The van der Waals surface area contributed by atoms with Crippen molar-refractivity contribution >= 4 is 11.4 Å². The summed E-state index contributed by atoms with van der Waals surface area (Å²) in [6, 6.07) is 13.6. The Kier molecular flexibility index (Phi) is 3.93. The van der Waals surface area contributed by atoms with E-state index in [9.17, 15) is 4.39 Å². The van der Waals surface area contributed by atoms with Gasteiger partial charge in [-0.1, -0.05) is 31.2 Å². The minimum Gasteiger partial charge on any atom is -0.341 e. The molecule has 0 amide bonds. The van der Waals surface area contributed by atoms with Crippen molar-refractivity contribution in [2.24, 2.45) is 5.73 Å². The monoisotopic (exact) mass is 284 g/mol. The molecule has 0 radical (unpaired) electrons. The molecule has 21 heavy (non-hydrogen) atoms. The fourth-order valence-electron chi connectivity index (χ4n) is 2.98. The third-order valence-corrected chi connectivity index (χ3v) is 4.23. The van der Waals surface area contributed by atoms with Crippen LogP contribution < -0.4 is 10.6 Å². The molecule has 1 unspecified atom stereocenters. The summed E-state index contributed by atoms with van der Waals surface area (Å²) in [5, 5.41) is 0. The van der Waals surface area contributed by atoms with Gasteiger partial charge in [-0.3, -0.25) is 0 Å². The van der Waals surface area contributed by atoms with Crippen molar-refractivity contribution in [2.75, 3.05) is 11.4 Å². The van der Waals surface area contributed by atoms with Crippen molar-refractivity contribution in [3.63, 3.8) is 0 Å². The van der Waals surface area contributed by atoms with Gasteiger partial charge in [0.15, 0.2) is 0 Å². The minimum absolute atomic E-state index is 0.167. The second-order valence-electron chi connectivity index (χ2n) is 5.68. The molecular formula is C18H21FN2. The number of para-hydroxylation sites is 1. The summed E-state index contributed by atoms with van der Waals surface area (Å²) in [5.74, 6) is -0.177. The molecule has 0 saturated heterocycles. The molecule has 2 nitrogen and oxygen atoms in total. The van der Waals surface area contributed by atoms with Gasteiger partial charge in [0, 0.05) is 24.0 Å². The average Bonchev–Trinajstić information content (AvgIpc) is 2.90. The lowest BCUT2D eigenvalue weighted by atomic mass is 10.0. The Morgan fingerprint density at radius 1 is 1.19 bits per heavy atom. The number of rotatable bonds is 4. The van der Waals surface area contributed by atoms with Crippen LogP contribution in [0.3, 0.4) is 0 Å². The van der Waals surface area contributed by atoms with Crippen LogP contribution in [0.1, 0.15) is 24.5 Å². The van der Waals surface area contributed by atoms with Crippen LogP contribution >= 0.6 is 0 Å². The molecule has 2 aromatic rings. The van der Waals surface area contributed by atoms with Crippen molar-refractivity contribution in [1.29, 1.82) is 0 Å². The molecule has 0 saturated carbocycles. The number of hydrogen-bond acceptors (Lipinski definition) is 2. The highest BCUT2D eigenvalue weighted by molar-refractivity contribution is 5.72. The first-order valence-corrected chi connectivity index (χ1v) is 7.58. The quantitative estimate of drug-likeness (QED) is 0.925. The van der Waals surface area contributed by atoms with Gasteiger partial charge in [-0.25, -0.2) is 4.39 Å². The van der Waals surface area contributed by atoms with E-state index in [1.807, 2.05) is 18.2 Å². The lowest BCUT2D eigenvalue weighted by Crippen LogP contribution is -2.23. The van der Waals surface area contributed by atoms with Crippen LogP contribution in [0.5, 0.6) is 0 Å². The maximum absolute atomic E-state index is 13.6. The largest absolute Gasteiger partial charge is 0.341 e. The molecule has 0 spiro atoms. The van der Waals surface area contributed by atoms with Gasteiger partial charge in [0.1, 0.15) is 5.82 Å². The molecular weight excluding hydrogens is 263 g/mol. The number of fused-ring (bicyclic) bond motifs is 1. The average molecular weight is 284 g/mol. The topological polar surface area (TPSA) is 29.3 Å². The van der Waals surface area contributed by atoms with Gasteiger partial charge < -0.3 is 10.6 Å². The fraction of sp³-hybridized carbons (Fsp3) is 0.333. The molecule has 3 heteroatoms. The summed E-state index contributed by atoms with van der Waals surface area (Å²) < 4.78 is 13.6. The van der Waals surface area contributed by atoms with E-state index in [2.05, 4.69) is 24.0 Å². The van der Waals surface area contributed by atoms with Crippen LogP contribution in [0.4, 0.5) is 15.8 Å². The zero-order chi connectivity index (χ0) is 14.8. The molecule has 1 aliphatic heterocycles. The van der Waals surface area contributed by atoms with Crippen molar-refractivity contribution in [2.45, 2.75) is 32.2 Å². The van der Waals surface area contributed by atoms with Crippen molar-refractivity contribution in [1.82, 2.24) is 0 Å². The standard InChI is InChI=1S/C18H21FN2/c1-2-16(20)11-14-5-3-4-6-17(14)21-10-9-13-7-8-15(19)12-18(13)21/h3-8,12,16H,2,9-11,20H2,1H3. The van der Waals surface area contributed by atoms with Crippen LogP contribution in [0, 0.1) is 5.82 Å². The SMILES string of the molecule is CCC(N)Cc1ccccc1N1CCc2ccc(F)cc21. The number of hydrogen-bond donors (Lipinski definition) is 1. The van der Waals surface area contributed by atoms with E-state index in [0.29, 0.717) is 0 Å². The van der Waals surface area contributed by atoms with Crippen molar-refractivity contribution < 1.29 is 4.39 Å². The molecule has 1 heterocycles. The first kappa shape index (κ1) is 14.1. The molecule has 0 bridgehead atoms. The third kappa shape index (κ3) is 2.79. The molecule has 0 aromatic heterocycles. The van der Waals surface area contributed by atoms with Gasteiger partial charge in [-0.15, -0.1) is 0 Å². The summed E-state index contributed by atoms with van der Waals surface area (Å²) in [5.41, 5.74) is 10.7. The molecule has 110 valence electrons. The highest BCUT2D eigenvalue weighted by Gasteiger charge is 2.23. The van der Waals surface area contributed by atoms with Gasteiger partial charge in [0.25, 0.3) is 0 Å². The molecule has 1 aliphatic rings. The number of benzene rings is 2. The number of anilines is 2.